The van der Waals surface area contributed by atoms with Gasteiger partial charge in [-0.3, -0.25) is 10.1 Å². The summed E-state index contributed by atoms with van der Waals surface area (Å²) in [5.41, 5.74) is 0.824. The first-order chi connectivity index (χ1) is 8.20. The predicted molar refractivity (Wildman–Crippen MR) is 65.6 cm³/mol. The van der Waals surface area contributed by atoms with E-state index in [4.69, 9.17) is 0 Å². The summed E-state index contributed by atoms with van der Waals surface area (Å²) in [6.07, 6.45) is 2.96. The highest BCUT2D eigenvalue weighted by atomic mass is 32.1. The van der Waals surface area contributed by atoms with Crippen LogP contribution in [0.5, 0.6) is 0 Å². The van der Waals surface area contributed by atoms with E-state index in [0.717, 1.165) is 10.4 Å². The number of nitro groups is 1. The van der Waals surface area contributed by atoms with E-state index >= 15 is 0 Å². The van der Waals surface area contributed by atoms with Crippen molar-refractivity contribution in [3.05, 3.63) is 40.6 Å². The molecule has 2 N–H and O–H groups in total. The van der Waals surface area contributed by atoms with Crippen molar-refractivity contribution in [2.75, 3.05) is 0 Å². The van der Waals surface area contributed by atoms with Gasteiger partial charge < -0.3 is 5.48 Å². The van der Waals surface area contributed by atoms with Crippen LogP contribution in [-0.4, -0.2) is 21.5 Å². The number of rotatable bonds is 3. The first kappa shape index (κ1) is 13.7. The number of nitro benzene ring substituents is 1. The van der Waals surface area contributed by atoms with Crippen LogP contribution in [0.1, 0.15) is 0 Å². The van der Waals surface area contributed by atoms with Crippen molar-refractivity contribution in [3.8, 4) is 10.4 Å². The molecule has 0 spiro atoms. The van der Waals surface area contributed by atoms with Crippen molar-refractivity contribution >= 4 is 28.2 Å². The van der Waals surface area contributed by atoms with Gasteiger partial charge in [0.1, 0.15) is 0 Å². The monoisotopic (exact) mass is 265 g/mol. The number of carbonyl (C=O) groups excluding carboxylic acids is 1. The Labute approximate surface area is 105 Å². The molecular weight excluding hydrogens is 258 g/mol. The van der Waals surface area contributed by atoms with E-state index in [1.807, 2.05) is 0 Å². The fourth-order valence-corrected chi connectivity index (χ4v) is 1.98. The molecule has 0 unspecified atom stereocenters. The molecule has 0 aliphatic rings. The van der Waals surface area contributed by atoms with Gasteiger partial charge in [0.2, 0.25) is 11.2 Å². The molecule has 0 bridgehead atoms. The lowest BCUT2D eigenvalue weighted by atomic mass is 10.2. The molecule has 8 heteroatoms. The summed E-state index contributed by atoms with van der Waals surface area (Å²) in [5, 5.41) is 10.8. The Hall–Kier alpha value is -2.41. The maximum atomic E-state index is 10.5. The quantitative estimate of drug-likeness (QED) is 0.364. The molecule has 1 heterocycles. The molecule has 1 aromatic heterocycles. The first-order valence-corrected chi connectivity index (χ1v) is 5.31. The molecule has 2 rings (SSSR count). The highest BCUT2D eigenvalue weighted by Crippen LogP contribution is 2.31. The zero-order valence-electron chi connectivity index (χ0n) is 8.86. The minimum Gasteiger partial charge on any atom is -0.412 e. The van der Waals surface area contributed by atoms with Gasteiger partial charge in [0.15, 0.2) is 0 Å². The highest BCUT2D eigenvalue weighted by molar-refractivity contribution is 7.18. The molecule has 0 saturated heterocycles. The van der Waals surface area contributed by atoms with Crippen LogP contribution in [0.15, 0.2) is 35.5 Å². The second-order valence-corrected chi connectivity index (χ2v) is 4.02. The van der Waals surface area contributed by atoms with E-state index < -0.39 is 4.92 Å². The summed E-state index contributed by atoms with van der Waals surface area (Å²) in [6.45, 7) is 0. The summed E-state index contributed by atoms with van der Waals surface area (Å²) in [4.78, 5) is 28.1. The number of benzene rings is 1. The topological polar surface area (TPSA) is 117 Å². The van der Waals surface area contributed by atoms with Gasteiger partial charge in [-0.2, -0.15) is 0 Å². The standard InChI is InChI=1S/C10H5N3O3S.H2O/c14-6-12-10-11-5-9(17-10)7-1-3-8(4-2-7)13(15)16;/h1-5H;1H2. The largest absolute Gasteiger partial charge is 0.412 e. The number of hydrogen-bond donors (Lipinski definition) is 0. The third-order valence-corrected chi connectivity index (χ3v) is 2.94. The molecule has 1 aromatic carbocycles. The number of aliphatic imine (C=N–C) groups is 1. The van der Waals surface area contributed by atoms with Crippen LogP contribution in [0, 0.1) is 10.1 Å². The van der Waals surface area contributed by atoms with Crippen LogP contribution in [0.4, 0.5) is 10.8 Å². The minimum absolute atomic E-state index is 0. The fourth-order valence-electron chi connectivity index (χ4n) is 1.24. The summed E-state index contributed by atoms with van der Waals surface area (Å²) >= 11 is 1.21. The van der Waals surface area contributed by atoms with Gasteiger partial charge in [0.25, 0.3) is 5.69 Å². The van der Waals surface area contributed by atoms with E-state index in [0.29, 0.717) is 5.13 Å². The average Bonchev–Trinajstić information content (AvgIpc) is 2.78. The predicted octanol–water partition coefficient (Wildman–Crippen LogP) is 1.86. The maximum Gasteiger partial charge on any atom is 0.269 e. The van der Waals surface area contributed by atoms with Crippen molar-refractivity contribution in [2.24, 2.45) is 4.99 Å². The van der Waals surface area contributed by atoms with Crippen molar-refractivity contribution in [2.45, 2.75) is 0 Å². The summed E-state index contributed by atoms with van der Waals surface area (Å²) in [6, 6.07) is 6.08. The van der Waals surface area contributed by atoms with Crippen LogP contribution < -0.4 is 0 Å². The van der Waals surface area contributed by atoms with Gasteiger partial charge in [-0.05, 0) is 17.7 Å². The van der Waals surface area contributed by atoms with Gasteiger partial charge in [-0.1, -0.05) is 11.3 Å². The van der Waals surface area contributed by atoms with Gasteiger partial charge in [0.05, 0.1) is 9.80 Å². The van der Waals surface area contributed by atoms with Crippen LogP contribution in [0.3, 0.4) is 0 Å². The molecule has 0 aliphatic heterocycles. The van der Waals surface area contributed by atoms with Crippen molar-refractivity contribution < 1.29 is 15.2 Å². The second-order valence-electron chi connectivity index (χ2n) is 3.01. The fraction of sp³-hybridized carbons (Fsp3) is 0. The van der Waals surface area contributed by atoms with E-state index in [9.17, 15) is 14.9 Å². The Morgan fingerprint density at radius 1 is 1.33 bits per heavy atom. The summed E-state index contributed by atoms with van der Waals surface area (Å²) in [7, 11) is 0. The van der Waals surface area contributed by atoms with Gasteiger partial charge in [0, 0.05) is 18.3 Å². The van der Waals surface area contributed by atoms with Crippen LogP contribution in [0.25, 0.3) is 10.4 Å². The molecule has 0 saturated carbocycles. The van der Waals surface area contributed by atoms with Gasteiger partial charge >= 0.3 is 0 Å². The van der Waals surface area contributed by atoms with Crippen molar-refractivity contribution in [1.82, 2.24) is 4.98 Å². The Kier molecular flexibility index (Phi) is 4.39. The van der Waals surface area contributed by atoms with Crippen molar-refractivity contribution in [3.63, 3.8) is 0 Å². The molecule has 7 nitrogen and oxygen atoms in total. The summed E-state index contributed by atoms with van der Waals surface area (Å²) < 4.78 is 0. The number of isocyanates is 1. The van der Waals surface area contributed by atoms with Crippen molar-refractivity contribution in [1.29, 1.82) is 0 Å². The number of hydrogen-bond acceptors (Lipinski definition) is 6. The maximum absolute atomic E-state index is 10.5. The van der Waals surface area contributed by atoms with Crippen LogP contribution in [-0.2, 0) is 4.79 Å². The minimum atomic E-state index is -0.460. The van der Waals surface area contributed by atoms with E-state index in [2.05, 4.69) is 9.98 Å². The molecule has 2 aromatic rings. The lowest BCUT2D eigenvalue weighted by molar-refractivity contribution is -0.384. The Morgan fingerprint density at radius 2 is 2.00 bits per heavy atom. The highest BCUT2D eigenvalue weighted by Gasteiger charge is 2.07. The molecule has 18 heavy (non-hydrogen) atoms. The average molecular weight is 265 g/mol. The zero-order valence-corrected chi connectivity index (χ0v) is 9.68. The molecule has 92 valence electrons. The smallest absolute Gasteiger partial charge is 0.269 e. The molecule has 0 aliphatic carbocycles. The molecule has 0 fully saturated rings. The zero-order chi connectivity index (χ0) is 12.3. The van der Waals surface area contributed by atoms with Crippen LogP contribution >= 0.6 is 11.3 Å². The Bertz CT molecular complexity index is 602. The summed E-state index contributed by atoms with van der Waals surface area (Å²) in [5.74, 6) is 0. The lowest BCUT2D eigenvalue weighted by Crippen LogP contribution is -1.86. The number of thiazole rings is 1. The first-order valence-electron chi connectivity index (χ1n) is 4.49. The Morgan fingerprint density at radius 3 is 2.56 bits per heavy atom. The lowest BCUT2D eigenvalue weighted by Gasteiger charge is -1.95. The van der Waals surface area contributed by atoms with E-state index in [1.165, 1.54) is 29.5 Å². The van der Waals surface area contributed by atoms with Gasteiger partial charge in [-0.15, -0.1) is 4.99 Å². The number of nitrogens with zero attached hydrogens (tertiary/aromatic N) is 3. The third-order valence-electron chi connectivity index (χ3n) is 2.00. The SMILES string of the molecule is O.O=C=Nc1ncc(-c2ccc([N+](=O)[O-])cc2)s1. The molecule has 0 atom stereocenters. The molecular formula is C10H7N3O4S. The normalized spacial score (nSPS) is 9.11. The van der Waals surface area contributed by atoms with E-state index in [1.54, 1.807) is 18.3 Å². The molecule has 0 radical (unpaired) electrons. The molecule has 0 amide bonds. The second kappa shape index (κ2) is 5.78. The third kappa shape index (κ3) is 2.83. The van der Waals surface area contributed by atoms with Gasteiger partial charge in [-0.25, -0.2) is 9.78 Å². The Balaban J connectivity index is 0.00000162. The van der Waals surface area contributed by atoms with Crippen LogP contribution in [0.2, 0.25) is 0 Å². The van der Waals surface area contributed by atoms with E-state index in [-0.39, 0.29) is 11.2 Å². The number of non-ortho nitro benzene ring substituents is 1. The number of aromatic nitrogens is 1.